The molecule has 1 aromatic heterocycles. The highest BCUT2D eigenvalue weighted by atomic mass is 79.9. The highest BCUT2D eigenvalue weighted by Gasteiger charge is 2.21. The molecule has 1 saturated carbocycles. The molecular weight excluding hydrogens is 334 g/mol. The van der Waals surface area contributed by atoms with E-state index in [4.69, 9.17) is 11.6 Å². The Labute approximate surface area is 125 Å². The number of hydrogen-bond donors (Lipinski definition) is 1. The summed E-state index contributed by atoms with van der Waals surface area (Å²) in [5.74, 6) is 0.557. The summed E-state index contributed by atoms with van der Waals surface area (Å²) in [5, 5.41) is 5.53. The molecule has 2 nitrogen and oxygen atoms in total. The van der Waals surface area contributed by atoms with Gasteiger partial charge in [0.25, 0.3) is 5.91 Å². The molecular formula is C13H17BrClNOS. The van der Waals surface area contributed by atoms with E-state index in [1.165, 1.54) is 30.6 Å². The molecule has 0 aliphatic heterocycles. The van der Waals surface area contributed by atoms with E-state index in [1.54, 1.807) is 0 Å². The van der Waals surface area contributed by atoms with Crippen LogP contribution >= 0.6 is 38.9 Å². The maximum atomic E-state index is 12.0. The lowest BCUT2D eigenvalue weighted by atomic mass is 9.89. The van der Waals surface area contributed by atoms with Crippen molar-refractivity contribution in [2.24, 2.45) is 5.92 Å². The molecule has 18 heavy (non-hydrogen) atoms. The second-order valence-electron chi connectivity index (χ2n) is 4.90. The van der Waals surface area contributed by atoms with Crippen molar-refractivity contribution in [2.75, 3.05) is 6.54 Å². The van der Waals surface area contributed by atoms with Gasteiger partial charge in [0.2, 0.25) is 0 Å². The third-order valence-electron chi connectivity index (χ3n) is 3.38. The number of amides is 1. The first-order valence-electron chi connectivity index (χ1n) is 6.23. The van der Waals surface area contributed by atoms with Crippen molar-refractivity contribution in [2.45, 2.75) is 37.4 Å². The number of thiophene rings is 1. The molecule has 1 amide bonds. The van der Waals surface area contributed by atoms with Crippen molar-refractivity contribution in [1.29, 1.82) is 0 Å². The van der Waals surface area contributed by atoms with Gasteiger partial charge >= 0.3 is 0 Å². The Morgan fingerprint density at radius 1 is 1.61 bits per heavy atom. The van der Waals surface area contributed by atoms with E-state index in [2.05, 4.69) is 21.2 Å². The number of carbonyl (C=O) groups excluding carboxylic acids is 1. The van der Waals surface area contributed by atoms with Crippen molar-refractivity contribution >= 4 is 44.8 Å². The van der Waals surface area contributed by atoms with Crippen LogP contribution in [0.5, 0.6) is 0 Å². The molecule has 1 aliphatic rings. The van der Waals surface area contributed by atoms with Gasteiger partial charge in [0.05, 0.1) is 5.02 Å². The van der Waals surface area contributed by atoms with Crippen LogP contribution in [0.3, 0.4) is 0 Å². The van der Waals surface area contributed by atoms with E-state index in [9.17, 15) is 4.79 Å². The van der Waals surface area contributed by atoms with Crippen LogP contribution in [0.1, 0.15) is 40.9 Å². The van der Waals surface area contributed by atoms with Gasteiger partial charge in [-0.3, -0.25) is 4.79 Å². The Hall–Kier alpha value is -0.0600. The fourth-order valence-corrected chi connectivity index (χ4v) is 4.36. The number of alkyl halides is 1. The second-order valence-corrected chi connectivity index (χ2v) is 7.45. The average molecular weight is 351 g/mol. The van der Waals surface area contributed by atoms with Crippen molar-refractivity contribution < 1.29 is 4.79 Å². The minimum absolute atomic E-state index is 0.0326. The first kappa shape index (κ1) is 14.4. The van der Waals surface area contributed by atoms with Crippen LogP contribution in [0.4, 0.5) is 0 Å². The number of hydrogen-bond acceptors (Lipinski definition) is 2. The van der Waals surface area contributed by atoms with Crippen LogP contribution < -0.4 is 5.32 Å². The van der Waals surface area contributed by atoms with E-state index in [1.807, 2.05) is 12.3 Å². The monoisotopic (exact) mass is 349 g/mol. The summed E-state index contributed by atoms with van der Waals surface area (Å²) in [6.07, 6.45) is 4.85. The molecule has 0 aromatic carbocycles. The summed E-state index contributed by atoms with van der Waals surface area (Å²) in [4.78, 5) is 13.3. The van der Waals surface area contributed by atoms with Gasteiger partial charge in [-0.1, -0.05) is 34.0 Å². The standard InChI is InChI=1S/C13H17BrClNOS/c1-8-7-18-12(11(8)15)13(17)16-6-9-3-2-4-10(14)5-9/h7,9-10H,2-6H2,1H3,(H,16,17). The number of rotatable bonds is 3. The zero-order chi connectivity index (χ0) is 13.1. The Balaban J connectivity index is 1.86. The molecule has 0 spiro atoms. The Morgan fingerprint density at radius 2 is 2.39 bits per heavy atom. The van der Waals surface area contributed by atoms with Crippen molar-refractivity contribution in [1.82, 2.24) is 5.32 Å². The van der Waals surface area contributed by atoms with Gasteiger partial charge in [-0.25, -0.2) is 0 Å². The molecule has 0 bridgehead atoms. The average Bonchev–Trinajstić information content (AvgIpc) is 2.67. The highest BCUT2D eigenvalue weighted by molar-refractivity contribution is 9.09. The van der Waals surface area contributed by atoms with Gasteiger partial charge in [-0.15, -0.1) is 11.3 Å². The van der Waals surface area contributed by atoms with E-state index in [0.29, 0.717) is 20.6 Å². The van der Waals surface area contributed by atoms with E-state index in [-0.39, 0.29) is 5.91 Å². The topological polar surface area (TPSA) is 29.1 Å². The molecule has 1 aliphatic carbocycles. The highest BCUT2D eigenvalue weighted by Crippen LogP contribution is 2.29. The first-order valence-corrected chi connectivity index (χ1v) is 8.41. The van der Waals surface area contributed by atoms with E-state index in [0.717, 1.165) is 18.5 Å². The molecule has 100 valence electrons. The lowest BCUT2D eigenvalue weighted by Gasteiger charge is -2.25. The van der Waals surface area contributed by atoms with Gasteiger partial charge in [-0.05, 0) is 43.0 Å². The molecule has 1 heterocycles. The fourth-order valence-electron chi connectivity index (χ4n) is 2.31. The number of halogens is 2. The molecule has 1 fully saturated rings. The van der Waals surface area contributed by atoms with Gasteiger partial charge in [-0.2, -0.15) is 0 Å². The van der Waals surface area contributed by atoms with E-state index < -0.39 is 0 Å². The van der Waals surface area contributed by atoms with Crippen LogP contribution in [0.25, 0.3) is 0 Å². The summed E-state index contributed by atoms with van der Waals surface area (Å²) >= 11 is 11.2. The van der Waals surface area contributed by atoms with Crippen LogP contribution in [0, 0.1) is 12.8 Å². The Morgan fingerprint density at radius 3 is 3.00 bits per heavy atom. The molecule has 2 rings (SSSR count). The number of carbonyl (C=O) groups is 1. The Bertz CT molecular complexity index is 435. The summed E-state index contributed by atoms with van der Waals surface area (Å²) < 4.78 is 0. The molecule has 5 heteroatoms. The molecule has 0 saturated heterocycles. The van der Waals surface area contributed by atoms with Crippen molar-refractivity contribution in [3.05, 3.63) is 20.8 Å². The number of aryl methyl sites for hydroxylation is 1. The molecule has 1 N–H and O–H groups in total. The first-order chi connectivity index (χ1) is 8.58. The third kappa shape index (κ3) is 3.49. The molecule has 2 unspecified atom stereocenters. The fraction of sp³-hybridized carbons (Fsp3) is 0.615. The quantitative estimate of drug-likeness (QED) is 0.805. The van der Waals surface area contributed by atoms with Gasteiger partial charge in [0, 0.05) is 11.4 Å². The van der Waals surface area contributed by atoms with Crippen LogP contribution in [-0.2, 0) is 0 Å². The third-order valence-corrected chi connectivity index (χ3v) is 5.90. The summed E-state index contributed by atoms with van der Waals surface area (Å²) in [6.45, 7) is 2.68. The summed E-state index contributed by atoms with van der Waals surface area (Å²) in [6, 6.07) is 0. The zero-order valence-electron chi connectivity index (χ0n) is 10.3. The van der Waals surface area contributed by atoms with E-state index >= 15 is 0 Å². The normalized spacial score (nSPS) is 23.9. The minimum Gasteiger partial charge on any atom is -0.351 e. The minimum atomic E-state index is -0.0326. The lowest BCUT2D eigenvalue weighted by Crippen LogP contribution is -2.31. The van der Waals surface area contributed by atoms with Crippen molar-refractivity contribution in [3.8, 4) is 0 Å². The Kier molecular flexibility index (Phi) is 5.10. The molecule has 2 atom stereocenters. The SMILES string of the molecule is Cc1csc(C(=O)NCC2CCCC(Br)C2)c1Cl. The van der Waals surface area contributed by atoms with Crippen LogP contribution in [0.2, 0.25) is 5.02 Å². The maximum absolute atomic E-state index is 12.0. The molecule has 0 radical (unpaired) electrons. The second kappa shape index (κ2) is 6.40. The number of nitrogens with one attached hydrogen (secondary N) is 1. The molecule has 1 aromatic rings. The smallest absolute Gasteiger partial charge is 0.262 e. The van der Waals surface area contributed by atoms with Gasteiger partial charge < -0.3 is 5.32 Å². The maximum Gasteiger partial charge on any atom is 0.262 e. The summed E-state index contributed by atoms with van der Waals surface area (Å²) in [7, 11) is 0. The largest absolute Gasteiger partial charge is 0.351 e. The summed E-state index contributed by atoms with van der Waals surface area (Å²) in [5.41, 5.74) is 0.977. The van der Waals surface area contributed by atoms with Crippen molar-refractivity contribution in [3.63, 3.8) is 0 Å². The van der Waals surface area contributed by atoms with Gasteiger partial charge in [0.1, 0.15) is 4.88 Å². The zero-order valence-corrected chi connectivity index (χ0v) is 13.5. The predicted octanol–water partition coefficient (Wildman–Crippen LogP) is 4.39. The van der Waals surface area contributed by atoms with Gasteiger partial charge in [0.15, 0.2) is 0 Å². The predicted molar refractivity (Wildman–Crippen MR) is 81.1 cm³/mol. The van der Waals surface area contributed by atoms with Crippen LogP contribution in [-0.4, -0.2) is 17.3 Å². The van der Waals surface area contributed by atoms with Crippen LogP contribution in [0.15, 0.2) is 5.38 Å². The lowest BCUT2D eigenvalue weighted by molar-refractivity contribution is 0.0948.